The lowest BCUT2D eigenvalue weighted by atomic mass is 10.0. The summed E-state index contributed by atoms with van der Waals surface area (Å²) in [6.45, 7) is 1.77. The molecule has 1 heterocycles. The molecular formula is C21H18ClF2N3O3. The van der Waals surface area contributed by atoms with Crippen molar-refractivity contribution >= 4 is 34.7 Å². The van der Waals surface area contributed by atoms with Crippen molar-refractivity contribution in [2.24, 2.45) is 0 Å². The number of nitrogens with one attached hydrogen (secondary N) is 1. The molecule has 1 aliphatic heterocycles. The van der Waals surface area contributed by atoms with E-state index >= 15 is 4.39 Å². The SMILES string of the molecule is COC1CCN(c2c(F)cc(NC(=O)c3cc(C#N)ccc3Cl)c(C(C)=O)c2F)C1. The molecule has 30 heavy (non-hydrogen) atoms. The first-order valence-electron chi connectivity index (χ1n) is 9.08. The molecule has 1 N–H and O–H groups in total. The van der Waals surface area contributed by atoms with Crippen molar-refractivity contribution in [1.29, 1.82) is 5.26 Å². The molecule has 3 rings (SSSR count). The van der Waals surface area contributed by atoms with Gasteiger partial charge in [-0.15, -0.1) is 0 Å². The van der Waals surface area contributed by atoms with E-state index in [0.717, 1.165) is 13.0 Å². The number of nitriles is 1. The molecule has 0 bridgehead atoms. The third-order valence-electron chi connectivity index (χ3n) is 4.93. The molecule has 2 aromatic carbocycles. The van der Waals surface area contributed by atoms with Crippen LogP contribution in [0.4, 0.5) is 20.2 Å². The van der Waals surface area contributed by atoms with Crippen LogP contribution in [0.25, 0.3) is 0 Å². The van der Waals surface area contributed by atoms with Gasteiger partial charge in [0.15, 0.2) is 17.4 Å². The smallest absolute Gasteiger partial charge is 0.257 e. The van der Waals surface area contributed by atoms with E-state index in [4.69, 9.17) is 21.6 Å². The highest BCUT2D eigenvalue weighted by atomic mass is 35.5. The van der Waals surface area contributed by atoms with Gasteiger partial charge in [-0.2, -0.15) is 5.26 Å². The van der Waals surface area contributed by atoms with Crippen LogP contribution in [-0.2, 0) is 4.74 Å². The molecule has 0 radical (unpaired) electrons. The van der Waals surface area contributed by atoms with Crippen LogP contribution in [-0.4, -0.2) is 38.0 Å². The van der Waals surface area contributed by atoms with Crippen LogP contribution < -0.4 is 10.2 Å². The van der Waals surface area contributed by atoms with E-state index in [1.807, 2.05) is 6.07 Å². The summed E-state index contributed by atoms with van der Waals surface area (Å²) in [5.74, 6) is -3.44. The molecule has 2 aromatic rings. The number of anilines is 2. The Morgan fingerprint density at radius 3 is 2.67 bits per heavy atom. The third kappa shape index (κ3) is 4.13. The number of benzene rings is 2. The van der Waals surface area contributed by atoms with Gasteiger partial charge >= 0.3 is 0 Å². The van der Waals surface area contributed by atoms with Crippen LogP contribution in [0.2, 0.25) is 5.02 Å². The highest BCUT2D eigenvalue weighted by Gasteiger charge is 2.31. The molecule has 0 aliphatic carbocycles. The number of amides is 1. The predicted molar refractivity (Wildman–Crippen MR) is 108 cm³/mol. The molecule has 1 amide bonds. The maximum absolute atomic E-state index is 15.2. The van der Waals surface area contributed by atoms with Crippen molar-refractivity contribution in [2.75, 3.05) is 30.4 Å². The Kier molecular flexibility index (Phi) is 6.34. The fraction of sp³-hybridized carbons (Fsp3) is 0.286. The number of rotatable bonds is 5. The van der Waals surface area contributed by atoms with Crippen LogP contribution in [0, 0.1) is 23.0 Å². The number of hydrogen-bond acceptors (Lipinski definition) is 5. The van der Waals surface area contributed by atoms with Crippen molar-refractivity contribution in [3.05, 3.63) is 57.6 Å². The van der Waals surface area contributed by atoms with E-state index in [-0.39, 0.29) is 40.2 Å². The van der Waals surface area contributed by atoms with E-state index in [1.54, 1.807) is 0 Å². The summed E-state index contributed by atoms with van der Waals surface area (Å²) in [6.07, 6.45) is 0.426. The first-order valence-corrected chi connectivity index (χ1v) is 9.46. The largest absolute Gasteiger partial charge is 0.380 e. The zero-order valence-electron chi connectivity index (χ0n) is 16.3. The highest BCUT2D eigenvalue weighted by Crippen LogP contribution is 2.34. The van der Waals surface area contributed by atoms with Crippen LogP contribution in [0.15, 0.2) is 24.3 Å². The fourth-order valence-corrected chi connectivity index (χ4v) is 3.63. The first kappa shape index (κ1) is 21.7. The highest BCUT2D eigenvalue weighted by molar-refractivity contribution is 6.34. The summed E-state index contributed by atoms with van der Waals surface area (Å²) >= 11 is 6.01. The molecule has 1 saturated heterocycles. The third-order valence-corrected chi connectivity index (χ3v) is 5.26. The van der Waals surface area contributed by atoms with Crippen molar-refractivity contribution in [3.63, 3.8) is 0 Å². The second-order valence-electron chi connectivity index (χ2n) is 6.85. The number of Topliss-reactive ketones (excluding diaryl/α,β-unsaturated/α-hetero) is 1. The minimum absolute atomic E-state index is 0.0520. The molecule has 0 saturated carbocycles. The van der Waals surface area contributed by atoms with Crippen LogP contribution in [0.5, 0.6) is 0 Å². The Morgan fingerprint density at radius 1 is 1.33 bits per heavy atom. The predicted octanol–water partition coefficient (Wildman–Crippen LogP) is 4.17. The molecule has 6 nitrogen and oxygen atoms in total. The van der Waals surface area contributed by atoms with Crippen molar-refractivity contribution in [1.82, 2.24) is 0 Å². The Labute approximate surface area is 177 Å². The van der Waals surface area contributed by atoms with Gasteiger partial charge in [-0.3, -0.25) is 9.59 Å². The van der Waals surface area contributed by atoms with E-state index in [9.17, 15) is 14.0 Å². The van der Waals surface area contributed by atoms with Gasteiger partial charge in [0.2, 0.25) is 0 Å². The van der Waals surface area contributed by atoms with Gasteiger partial charge in [0.1, 0.15) is 5.69 Å². The van der Waals surface area contributed by atoms with Crippen LogP contribution >= 0.6 is 11.6 Å². The van der Waals surface area contributed by atoms with Crippen LogP contribution in [0.1, 0.15) is 39.6 Å². The van der Waals surface area contributed by atoms with Gasteiger partial charge in [-0.05, 0) is 31.5 Å². The quantitative estimate of drug-likeness (QED) is 0.715. The van der Waals surface area contributed by atoms with Crippen LogP contribution in [0.3, 0.4) is 0 Å². The number of ketones is 1. The lowest BCUT2D eigenvalue weighted by Crippen LogP contribution is -2.26. The summed E-state index contributed by atoms with van der Waals surface area (Å²) in [6, 6.07) is 6.84. The van der Waals surface area contributed by atoms with E-state index in [2.05, 4.69) is 5.32 Å². The molecule has 0 aromatic heterocycles. The van der Waals surface area contributed by atoms with Gasteiger partial charge in [0, 0.05) is 26.3 Å². The number of carbonyl (C=O) groups excluding carboxylic acids is 2. The number of methoxy groups -OCH3 is 1. The Bertz CT molecular complexity index is 1070. The number of ether oxygens (including phenoxy) is 1. The van der Waals surface area contributed by atoms with Gasteiger partial charge in [-0.1, -0.05) is 11.6 Å². The summed E-state index contributed by atoms with van der Waals surface area (Å²) in [5, 5.41) is 11.4. The number of nitrogens with zero attached hydrogens (tertiary/aromatic N) is 2. The van der Waals surface area contributed by atoms with Crippen molar-refractivity contribution < 1.29 is 23.1 Å². The second kappa shape index (κ2) is 8.78. The van der Waals surface area contributed by atoms with Gasteiger partial charge in [0.25, 0.3) is 5.91 Å². The number of halogens is 3. The Balaban J connectivity index is 2.01. The van der Waals surface area contributed by atoms with Crippen molar-refractivity contribution in [2.45, 2.75) is 19.4 Å². The monoisotopic (exact) mass is 433 g/mol. The summed E-state index contributed by atoms with van der Waals surface area (Å²) in [7, 11) is 1.52. The molecule has 1 unspecified atom stereocenters. The number of hydrogen-bond donors (Lipinski definition) is 1. The molecule has 1 fully saturated rings. The molecular weight excluding hydrogens is 416 g/mol. The van der Waals surface area contributed by atoms with E-state index in [1.165, 1.54) is 30.2 Å². The van der Waals surface area contributed by atoms with Crippen molar-refractivity contribution in [3.8, 4) is 6.07 Å². The van der Waals surface area contributed by atoms with Gasteiger partial charge < -0.3 is 15.0 Å². The maximum atomic E-state index is 15.2. The molecule has 9 heteroatoms. The van der Waals surface area contributed by atoms with E-state index in [0.29, 0.717) is 13.0 Å². The Morgan fingerprint density at radius 2 is 2.07 bits per heavy atom. The van der Waals surface area contributed by atoms with E-state index < -0.39 is 28.9 Å². The lowest BCUT2D eigenvalue weighted by molar-refractivity contribution is 0.101. The zero-order valence-corrected chi connectivity index (χ0v) is 17.0. The fourth-order valence-electron chi connectivity index (χ4n) is 3.42. The standard InChI is InChI=1S/C21H18ClF2N3O3/c1-11(28)18-17(26-21(29)14-7-12(9-25)3-4-15(14)22)8-16(23)20(19(18)24)27-6-5-13(10-27)30-2/h3-4,7-8,13H,5-6,10H2,1-2H3,(H,26,29). The zero-order chi connectivity index (χ0) is 22.0. The normalized spacial score (nSPS) is 15.7. The Hall–Kier alpha value is -3.02. The molecule has 156 valence electrons. The maximum Gasteiger partial charge on any atom is 0.257 e. The van der Waals surface area contributed by atoms with Gasteiger partial charge in [0.05, 0.1) is 39.6 Å². The summed E-state index contributed by atoms with van der Waals surface area (Å²) in [4.78, 5) is 26.3. The average Bonchev–Trinajstić information content (AvgIpc) is 3.16. The minimum atomic E-state index is -1.05. The number of carbonyl (C=O) groups is 2. The lowest BCUT2D eigenvalue weighted by Gasteiger charge is -2.22. The summed E-state index contributed by atoms with van der Waals surface area (Å²) in [5.41, 5.74) is -0.953. The average molecular weight is 434 g/mol. The molecule has 0 spiro atoms. The topological polar surface area (TPSA) is 82.4 Å². The molecule has 1 atom stereocenters. The molecule has 1 aliphatic rings. The summed E-state index contributed by atoms with van der Waals surface area (Å²) < 4.78 is 35.3. The van der Waals surface area contributed by atoms with Gasteiger partial charge in [-0.25, -0.2) is 8.78 Å². The first-order chi connectivity index (χ1) is 14.3. The minimum Gasteiger partial charge on any atom is -0.380 e. The second-order valence-corrected chi connectivity index (χ2v) is 7.26.